The molecule has 3 rings (SSSR count). The van der Waals surface area contributed by atoms with Gasteiger partial charge in [-0.2, -0.15) is 0 Å². The van der Waals surface area contributed by atoms with Crippen LogP contribution in [-0.4, -0.2) is 25.5 Å². The third kappa shape index (κ3) is 3.48. The maximum absolute atomic E-state index is 5.92. The number of thioether (sulfide) groups is 1. The minimum atomic E-state index is 0.718. The zero-order chi connectivity index (χ0) is 15.4. The molecule has 0 amide bonds. The number of nitrogens with zero attached hydrogens (tertiary/aromatic N) is 4. The van der Waals surface area contributed by atoms with Gasteiger partial charge < -0.3 is 4.57 Å². The zero-order valence-electron chi connectivity index (χ0n) is 12.1. The van der Waals surface area contributed by atoms with Gasteiger partial charge in [-0.05, 0) is 42.8 Å². The van der Waals surface area contributed by atoms with Crippen molar-refractivity contribution < 1.29 is 0 Å². The molecule has 0 fully saturated rings. The first-order valence-corrected chi connectivity index (χ1v) is 8.28. The normalized spacial score (nSPS) is 10.8. The zero-order valence-corrected chi connectivity index (χ0v) is 13.7. The molecule has 0 radical (unpaired) electrons. The average molecular weight is 331 g/mol. The van der Waals surface area contributed by atoms with Crippen LogP contribution in [0.4, 0.5) is 0 Å². The van der Waals surface area contributed by atoms with Gasteiger partial charge in [0.05, 0.1) is 0 Å². The summed E-state index contributed by atoms with van der Waals surface area (Å²) in [5.74, 6) is 1.76. The standard InChI is InChI=1S/C16H15ClN4S/c1-21-15(12-5-7-13(17)8-6-12)19-20-16(21)22-11-9-14-4-2-3-10-18-14/h2-8,10H,9,11H2,1H3. The van der Waals surface area contributed by atoms with Gasteiger partial charge in [-0.1, -0.05) is 29.4 Å². The first-order chi connectivity index (χ1) is 10.7. The Kier molecular flexibility index (Phi) is 4.75. The lowest BCUT2D eigenvalue weighted by Gasteiger charge is -2.04. The lowest BCUT2D eigenvalue weighted by molar-refractivity contribution is 0.793. The summed E-state index contributed by atoms with van der Waals surface area (Å²) in [5, 5.41) is 10.2. The Balaban J connectivity index is 1.67. The van der Waals surface area contributed by atoms with Gasteiger partial charge in [0.25, 0.3) is 0 Å². The SMILES string of the molecule is Cn1c(SCCc2ccccn2)nnc1-c1ccc(Cl)cc1. The summed E-state index contributed by atoms with van der Waals surface area (Å²) in [4.78, 5) is 4.32. The molecule has 0 atom stereocenters. The van der Waals surface area contributed by atoms with E-state index in [1.54, 1.807) is 11.8 Å². The Hall–Kier alpha value is -1.85. The Morgan fingerprint density at radius 3 is 2.64 bits per heavy atom. The van der Waals surface area contributed by atoms with Gasteiger partial charge in [0.2, 0.25) is 0 Å². The van der Waals surface area contributed by atoms with Crippen molar-refractivity contribution in [3.8, 4) is 11.4 Å². The number of benzene rings is 1. The molecular formula is C16H15ClN4S. The van der Waals surface area contributed by atoms with Crippen LogP contribution in [0.1, 0.15) is 5.69 Å². The molecule has 0 N–H and O–H groups in total. The van der Waals surface area contributed by atoms with Crippen molar-refractivity contribution in [2.75, 3.05) is 5.75 Å². The van der Waals surface area contributed by atoms with E-state index in [1.807, 2.05) is 60.3 Å². The molecule has 0 aliphatic rings. The first kappa shape index (κ1) is 15.1. The van der Waals surface area contributed by atoms with Crippen molar-refractivity contribution in [3.05, 3.63) is 59.4 Å². The fourth-order valence-corrected chi connectivity index (χ4v) is 3.08. The molecule has 0 saturated heterocycles. The van der Waals surface area contributed by atoms with Gasteiger partial charge >= 0.3 is 0 Å². The summed E-state index contributed by atoms with van der Waals surface area (Å²) < 4.78 is 2.01. The third-order valence-electron chi connectivity index (χ3n) is 3.25. The Morgan fingerprint density at radius 1 is 1.09 bits per heavy atom. The fourth-order valence-electron chi connectivity index (χ4n) is 2.08. The number of halogens is 1. The van der Waals surface area contributed by atoms with Crippen molar-refractivity contribution in [2.24, 2.45) is 7.05 Å². The van der Waals surface area contributed by atoms with Crippen LogP contribution in [-0.2, 0) is 13.5 Å². The molecule has 22 heavy (non-hydrogen) atoms. The molecule has 0 aliphatic heterocycles. The van der Waals surface area contributed by atoms with Crippen LogP contribution < -0.4 is 0 Å². The van der Waals surface area contributed by atoms with Crippen LogP contribution in [0.15, 0.2) is 53.8 Å². The Morgan fingerprint density at radius 2 is 1.91 bits per heavy atom. The van der Waals surface area contributed by atoms with Crippen molar-refractivity contribution in [3.63, 3.8) is 0 Å². The van der Waals surface area contributed by atoms with Crippen LogP contribution in [0.3, 0.4) is 0 Å². The summed E-state index contributed by atoms with van der Waals surface area (Å²) in [6, 6.07) is 13.6. The molecule has 0 saturated carbocycles. The minimum Gasteiger partial charge on any atom is -0.305 e. The van der Waals surface area contributed by atoms with E-state index in [1.165, 1.54) is 0 Å². The van der Waals surface area contributed by atoms with Crippen molar-refractivity contribution in [1.82, 2.24) is 19.7 Å². The second-order valence-corrected chi connectivity index (χ2v) is 6.29. The second kappa shape index (κ2) is 6.94. The molecule has 112 valence electrons. The van der Waals surface area contributed by atoms with E-state index in [4.69, 9.17) is 11.6 Å². The smallest absolute Gasteiger partial charge is 0.191 e. The molecule has 0 spiro atoms. The van der Waals surface area contributed by atoms with Gasteiger partial charge in [0.15, 0.2) is 11.0 Å². The molecule has 4 nitrogen and oxygen atoms in total. The van der Waals surface area contributed by atoms with Gasteiger partial charge in [-0.15, -0.1) is 10.2 Å². The summed E-state index contributed by atoms with van der Waals surface area (Å²) >= 11 is 7.60. The number of hydrogen-bond donors (Lipinski definition) is 0. The molecule has 2 heterocycles. The number of rotatable bonds is 5. The van der Waals surface area contributed by atoms with Gasteiger partial charge in [0, 0.05) is 35.3 Å². The highest BCUT2D eigenvalue weighted by atomic mass is 35.5. The van der Waals surface area contributed by atoms with E-state index in [-0.39, 0.29) is 0 Å². The molecule has 1 aromatic carbocycles. The molecule has 0 bridgehead atoms. The highest BCUT2D eigenvalue weighted by molar-refractivity contribution is 7.99. The van der Waals surface area contributed by atoms with E-state index in [0.717, 1.165) is 39.4 Å². The molecule has 6 heteroatoms. The Labute approximate surface area is 138 Å². The first-order valence-electron chi connectivity index (χ1n) is 6.92. The average Bonchev–Trinajstić information content (AvgIpc) is 2.90. The topological polar surface area (TPSA) is 43.6 Å². The summed E-state index contributed by atoms with van der Waals surface area (Å²) in [6.07, 6.45) is 2.73. The van der Waals surface area contributed by atoms with Gasteiger partial charge in [-0.3, -0.25) is 4.98 Å². The third-order valence-corrected chi connectivity index (χ3v) is 4.53. The van der Waals surface area contributed by atoms with E-state index < -0.39 is 0 Å². The van der Waals surface area contributed by atoms with E-state index in [9.17, 15) is 0 Å². The summed E-state index contributed by atoms with van der Waals surface area (Å²) in [7, 11) is 1.98. The Bertz CT molecular complexity index is 741. The molecule has 0 unspecified atom stereocenters. The highest BCUT2D eigenvalue weighted by Crippen LogP contribution is 2.24. The predicted molar refractivity (Wildman–Crippen MR) is 90.1 cm³/mol. The fraction of sp³-hybridized carbons (Fsp3) is 0.188. The van der Waals surface area contributed by atoms with Crippen LogP contribution in [0.2, 0.25) is 5.02 Å². The maximum Gasteiger partial charge on any atom is 0.191 e. The van der Waals surface area contributed by atoms with Crippen LogP contribution in [0.25, 0.3) is 11.4 Å². The second-order valence-electron chi connectivity index (χ2n) is 4.79. The van der Waals surface area contributed by atoms with Crippen LogP contribution in [0, 0.1) is 0 Å². The summed E-state index contributed by atoms with van der Waals surface area (Å²) in [6.45, 7) is 0. The van der Waals surface area contributed by atoms with E-state index in [0.29, 0.717) is 0 Å². The lowest BCUT2D eigenvalue weighted by atomic mass is 10.2. The summed E-state index contributed by atoms with van der Waals surface area (Å²) in [5.41, 5.74) is 2.10. The number of aryl methyl sites for hydroxylation is 1. The quantitative estimate of drug-likeness (QED) is 0.666. The van der Waals surface area contributed by atoms with Crippen LogP contribution >= 0.6 is 23.4 Å². The van der Waals surface area contributed by atoms with Crippen molar-refractivity contribution in [2.45, 2.75) is 11.6 Å². The van der Waals surface area contributed by atoms with E-state index >= 15 is 0 Å². The maximum atomic E-state index is 5.92. The monoisotopic (exact) mass is 330 g/mol. The number of aromatic nitrogens is 4. The molecule has 2 aromatic heterocycles. The van der Waals surface area contributed by atoms with Crippen LogP contribution in [0.5, 0.6) is 0 Å². The molecule has 0 aliphatic carbocycles. The lowest BCUT2D eigenvalue weighted by Crippen LogP contribution is -1.97. The minimum absolute atomic E-state index is 0.718. The molecular weight excluding hydrogens is 316 g/mol. The van der Waals surface area contributed by atoms with Crippen molar-refractivity contribution in [1.29, 1.82) is 0 Å². The predicted octanol–water partition coefficient (Wildman–Crippen LogP) is 3.87. The number of hydrogen-bond acceptors (Lipinski definition) is 4. The largest absolute Gasteiger partial charge is 0.305 e. The highest BCUT2D eigenvalue weighted by Gasteiger charge is 2.11. The van der Waals surface area contributed by atoms with Gasteiger partial charge in [-0.25, -0.2) is 0 Å². The number of pyridine rings is 1. The molecule has 3 aromatic rings. The van der Waals surface area contributed by atoms with E-state index in [2.05, 4.69) is 15.2 Å². The van der Waals surface area contributed by atoms with Crippen molar-refractivity contribution >= 4 is 23.4 Å². The van der Waals surface area contributed by atoms with Gasteiger partial charge in [0.1, 0.15) is 0 Å².